The van der Waals surface area contributed by atoms with Gasteiger partial charge in [-0.2, -0.15) is 4.39 Å². The van der Waals surface area contributed by atoms with E-state index in [2.05, 4.69) is 36.5 Å². The number of fused-ring (bicyclic) bond motifs is 1. The minimum Gasteiger partial charge on any atom is -0.246 e. The van der Waals surface area contributed by atoms with Gasteiger partial charge in [-0.15, -0.1) is 0 Å². The van der Waals surface area contributed by atoms with Crippen LogP contribution in [-0.4, -0.2) is 18.0 Å². The van der Waals surface area contributed by atoms with Crippen LogP contribution in [0, 0.1) is 5.95 Å². The summed E-state index contributed by atoms with van der Waals surface area (Å²) in [5.74, 6) is -0.215. The first-order chi connectivity index (χ1) is 8.90. The Bertz CT molecular complexity index is 578. The Kier molecular flexibility index (Phi) is 3.99. The van der Waals surface area contributed by atoms with Gasteiger partial charge < -0.3 is 0 Å². The molecule has 0 fully saturated rings. The summed E-state index contributed by atoms with van der Waals surface area (Å²) in [6.07, 6.45) is 0.911. The summed E-state index contributed by atoms with van der Waals surface area (Å²) in [4.78, 5) is 8.58. The molecule has 0 spiro atoms. The van der Waals surface area contributed by atoms with Crippen LogP contribution < -0.4 is 0 Å². The highest BCUT2D eigenvalue weighted by molar-refractivity contribution is 6.76. The highest BCUT2D eigenvalue weighted by atomic mass is 28.3. The van der Waals surface area contributed by atoms with Gasteiger partial charge in [0.25, 0.3) is 0 Å². The molecule has 2 rings (SSSR count). The molecular formula is C15H21FN2Si. The van der Waals surface area contributed by atoms with Crippen molar-refractivity contribution in [1.82, 2.24) is 9.97 Å². The summed E-state index contributed by atoms with van der Waals surface area (Å²) >= 11 is 0. The molecule has 0 saturated heterocycles. The van der Waals surface area contributed by atoms with Gasteiger partial charge in [-0.25, -0.2) is 9.97 Å². The Morgan fingerprint density at radius 1 is 1.11 bits per heavy atom. The Hall–Kier alpha value is -1.29. The summed E-state index contributed by atoms with van der Waals surface area (Å²) in [5, 5.41) is 0. The zero-order valence-electron chi connectivity index (χ0n) is 12.1. The van der Waals surface area contributed by atoms with E-state index in [-0.39, 0.29) is 5.92 Å². The van der Waals surface area contributed by atoms with Gasteiger partial charge in [0.15, 0.2) is 0 Å². The monoisotopic (exact) mass is 276 g/mol. The Morgan fingerprint density at radius 3 is 2.21 bits per heavy atom. The van der Waals surface area contributed by atoms with Gasteiger partial charge in [0.1, 0.15) is 0 Å². The average molecular weight is 276 g/mol. The van der Waals surface area contributed by atoms with E-state index < -0.39 is 14.0 Å². The third-order valence-corrected chi connectivity index (χ3v) is 5.01. The summed E-state index contributed by atoms with van der Waals surface area (Å²) in [7, 11) is -1.25. The van der Waals surface area contributed by atoms with E-state index in [0.29, 0.717) is 11.2 Å². The second kappa shape index (κ2) is 5.37. The van der Waals surface area contributed by atoms with Crippen LogP contribution in [0.25, 0.3) is 11.0 Å². The van der Waals surface area contributed by atoms with Crippen molar-refractivity contribution < 1.29 is 4.39 Å². The number of hydrogen-bond acceptors (Lipinski definition) is 2. The summed E-state index contributed by atoms with van der Waals surface area (Å²) in [6.45, 7) is 9.02. The van der Waals surface area contributed by atoms with E-state index in [1.54, 1.807) is 6.07 Å². The van der Waals surface area contributed by atoms with E-state index in [9.17, 15) is 4.39 Å². The largest absolute Gasteiger partial charge is 0.246 e. The molecule has 2 aromatic rings. The second-order valence-electron chi connectivity index (χ2n) is 6.26. The minimum atomic E-state index is -1.25. The molecule has 0 aliphatic carbocycles. The molecule has 1 heterocycles. The number of para-hydroxylation sites is 2. The van der Waals surface area contributed by atoms with Gasteiger partial charge >= 0.3 is 0 Å². The summed E-state index contributed by atoms with van der Waals surface area (Å²) < 4.78 is 14.2. The van der Waals surface area contributed by atoms with Crippen molar-refractivity contribution in [2.75, 3.05) is 0 Å². The maximum absolute atomic E-state index is 14.2. The van der Waals surface area contributed by atoms with Crippen molar-refractivity contribution in [3.8, 4) is 0 Å². The molecule has 4 heteroatoms. The Balaban J connectivity index is 2.45. The van der Waals surface area contributed by atoms with Crippen LogP contribution in [-0.2, 0) is 0 Å². The first-order valence-electron chi connectivity index (χ1n) is 6.83. The van der Waals surface area contributed by atoms with E-state index in [1.165, 1.54) is 0 Å². The fraction of sp³-hybridized carbons (Fsp3) is 0.467. The van der Waals surface area contributed by atoms with Crippen LogP contribution in [0.3, 0.4) is 0 Å². The minimum absolute atomic E-state index is 0.184. The number of halogens is 1. The molecule has 0 bridgehead atoms. The van der Waals surface area contributed by atoms with Crippen LogP contribution in [0.4, 0.5) is 4.39 Å². The lowest BCUT2D eigenvalue weighted by Crippen LogP contribution is -2.24. The van der Waals surface area contributed by atoms with Gasteiger partial charge in [0.2, 0.25) is 5.95 Å². The van der Waals surface area contributed by atoms with Crippen molar-refractivity contribution in [3.05, 3.63) is 35.9 Å². The van der Waals surface area contributed by atoms with Gasteiger partial charge in [0, 0.05) is 14.0 Å². The zero-order valence-corrected chi connectivity index (χ0v) is 13.1. The maximum atomic E-state index is 14.2. The molecule has 1 aromatic heterocycles. The molecule has 0 aliphatic heterocycles. The first-order valence-corrected chi connectivity index (χ1v) is 10.5. The van der Waals surface area contributed by atoms with Crippen LogP contribution in [0.2, 0.25) is 25.7 Å². The molecule has 19 heavy (non-hydrogen) atoms. The lowest BCUT2D eigenvalue weighted by molar-refractivity contribution is 0.536. The third kappa shape index (κ3) is 3.38. The molecule has 0 radical (unpaired) electrons. The lowest BCUT2D eigenvalue weighted by Gasteiger charge is -2.23. The first kappa shape index (κ1) is 14.1. The van der Waals surface area contributed by atoms with E-state index >= 15 is 0 Å². The molecular weight excluding hydrogens is 255 g/mol. The number of nitrogens with zero attached hydrogens (tertiary/aromatic N) is 2. The highest BCUT2D eigenvalue weighted by Gasteiger charge is 2.24. The molecule has 1 aromatic carbocycles. The summed E-state index contributed by atoms with van der Waals surface area (Å²) in [6, 6.07) is 8.52. The fourth-order valence-electron chi connectivity index (χ4n) is 2.43. The van der Waals surface area contributed by atoms with Gasteiger partial charge in [0.05, 0.1) is 16.7 Å². The number of benzene rings is 1. The van der Waals surface area contributed by atoms with Crippen molar-refractivity contribution in [2.45, 2.75) is 44.9 Å². The van der Waals surface area contributed by atoms with Crippen LogP contribution >= 0.6 is 0 Å². The number of aromatic nitrogens is 2. The van der Waals surface area contributed by atoms with E-state index in [1.807, 2.05) is 18.2 Å². The lowest BCUT2D eigenvalue weighted by atomic mass is 10.0. The van der Waals surface area contributed by atoms with E-state index in [0.717, 1.165) is 18.0 Å². The van der Waals surface area contributed by atoms with Crippen molar-refractivity contribution >= 4 is 19.1 Å². The average Bonchev–Trinajstić information content (AvgIpc) is 2.34. The highest BCUT2D eigenvalue weighted by Crippen LogP contribution is 2.30. The van der Waals surface area contributed by atoms with Crippen molar-refractivity contribution in [2.24, 2.45) is 0 Å². The molecule has 1 atom stereocenters. The zero-order chi connectivity index (χ0) is 14.0. The SMILES string of the molecule is CCC(C[Si](C)(C)C)c1nc2ccccc2nc1F. The normalized spacial score (nSPS) is 13.7. The third-order valence-electron chi connectivity index (χ3n) is 3.29. The molecule has 1 unspecified atom stereocenters. The maximum Gasteiger partial charge on any atom is 0.235 e. The van der Waals surface area contributed by atoms with Crippen molar-refractivity contribution in [1.29, 1.82) is 0 Å². The smallest absolute Gasteiger partial charge is 0.235 e. The van der Waals surface area contributed by atoms with Gasteiger partial charge in [-0.05, 0) is 24.6 Å². The Labute approximate surface area is 115 Å². The van der Waals surface area contributed by atoms with Crippen LogP contribution in [0.1, 0.15) is 25.0 Å². The topological polar surface area (TPSA) is 25.8 Å². The quantitative estimate of drug-likeness (QED) is 0.763. The van der Waals surface area contributed by atoms with Crippen molar-refractivity contribution in [3.63, 3.8) is 0 Å². The van der Waals surface area contributed by atoms with Gasteiger partial charge in [-0.3, -0.25) is 0 Å². The number of rotatable bonds is 4. The molecule has 2 nitrogen and oxygen atoms in total. The number of hydrogen-bond donors (Lipinski definition) is 0. The molecule has 0 amide bonds. The van der Waals surface area contributed by atoms with E-state index in [4.69, 9.17) is 0 Å². The second-order valence-corrected chi connectivity index (χ2v) is 11.8. The van der Waals surface area contributed by atoms with Gasteiger partial charge in [-0.1, -0.05) is 38.7 Å². The molecule has 0 N–H and O–H groups in total. The standard InChI is InChI=1S/C15H21FN2Si/c1-5-11(10-19(2,3)4)14-15(16)18-13-9-7-6-8-12(13)17-14/h6-9,11H,5,10H2,1-4H3. The summed E-state index contributed by atoms with van der Waals surface area (Å²) in [5.41, 5.74) is 1.96. The Morgan fingerprint density at radius 2 is 1.68 bits per heavy atom. The van der Waals surface area contributed by atoms with Crippen LogP contribution in [0.15, 0.2) is 24.3 Å². The molecule has 102 valence electrons. The van der Waals surface area contributed by atoms with Crippen LogP contribution in [0.5, 0.6) is 0 Å². The predicted molar refractivity (Wildman–Crippen MR) is 80.7 cm³/mol. The molecule has 0 aliphatic rings. The predicted octanol–water partition coefficient (Wildman–Crippen LogP) is 4.60. The molecule has 0 saturated carbocycles. The fourth-order valence-corrected chi connectivity index (χ4v) is 4.39.